The Morgan fingerprint density at radius 2 is 2.05 bits per heavy atom. The fraction of sp³-hybridized carbons (Fsp3) is 0.500. The minimum Gasteiger partial charge on any atom is -0.395 e. The van der Waals surface area contributed by atoms with Gasteiger partial charge in [-0.3, -0.25) is 4.79 Å². The molecule has 0 aliphatic carbocycles. The molecule has 0 saturated carbocycles. The number of carbonyl (C=O) groups is 1. The van der Waals surface area contributed by atoms with E-state index in [1.807, 2.05) is 13.8 Å². The van der Waals surface area contributed by atoms with E-state index in [0.717, 1.165) is 17.3 Å². The molecule has 0 radical (unpaired) electrons. The molecule has 3 nitrogen and oxygen atoms in total. The number of rotatable bonds is 6. The van der Waals surface area contributed by atoms with Gasteiger partial charge in [0.25, 0.3) is 5.91 Å². The van der Waals surface area contributed by atoms with Crippen molar-refractivity contribution in [2.45, 2.75) is 32.7 Å². The summed E-state index contributed by atoms with van der Waals surface area (Å²) in [5.74, 6) is -0.131. The van der Waals surface area contributed by atoms with Crippen molar-refractivity contribution in [3.63, 3.8) is 0 Å². The molecule has 0 fully saturated rings. The summed E-state index contributed by atoms with van der Waals surface area (Å²) in [6.07, 6.45) is 1.71. The van der Waals surface area contributed by atoms with Crippen LogP contribution in [0.1, 0.15) is 37.0 Å². The highest BCUT2D eigenvalue weighted by molar-refractivity contribution is 9.10. The first-order valence-electron chi connectivity index (χ1n) is 6.42. The molecule has 1 N–H and O–H groups in total. The maximum atomic E-state index is 12.6. The van der Waals surface area contributed by atoms with Crippen molar-refractivity contribution in [1.29, 1.82) is 0 Å². The lowest BCUT2D eigenvalue weighted by molar-refractivity contribution is 0.0622. The van der Waals surface area contributed by atoms with E-state index in [4.69, 9.17) is 16.7 Å². The van der Waals surface area contributed by atoms with E-state index in [1.54, 1.807) is 23.1 Å². The lowest BCUT2D eigenvalue weighted by atomic mass is 10.1. The summed E-state index contributed by atoms with van der Waals surface area (Å²) in [5.41, 5.74) is 0.469. The zero-order valence-corrected chi connectivity index (χ0v) is 13.5. The van der Waals surface area contributed by atoms with E-state index in [-0.39, 0.29) is 18.6 Å². The highest BCUT2D eigenvalue weighted by Crippen LogP contribution is 2.24. The Balaban J connectivity index is 3.08. The quantitative estimate of drug-likeness (QED) is 0.851. The molecule has 19 heavy (non-hydrogen) atoms. The van der Waals surface area contributed by atoms with Gasteiger partial charge in [0.15, 0.2) is 0 Å². The van der Waals surface area contributed by atoms with E-state index in [1.165, 1.54) is 0 Å². The van der Waals surface area contributed by atoms with Gasteiger partial charge in [-0.05, 0) is 31.0 Å². The first-order valence-corrected chi connectivity index (χ1v) is 7.59. The van der Waals surface area contributed by atoms with Crippen LogP contribution in [0.25, 0.3) is 0 Å². The van der Waals surface area contributed by atoms with Crippen LogP contribution >= 0.6 is 27.5 Å². The van der Waals surface area contributed by atoms with Gasteiger partial charge in [-0.15, -0.1) is 0 Å². The van der Waals surface area contributed by atoms with Crippen molar-refractivity contribution in [2.24, 2.45) is 0 Å². The third-order valence-electron chi connectivity index (χ3n) is 3.14. The van der Waals surface area contributed by atoms with Crippen LogP contribution in [0.4, 0.5) is 0 Å². The van der Waals surface area contributed by atoms with E-state index < -0.39 is 0 Å². The topological polar surface area (TPSA) is 40.5 Å². The van der Waals surface area contributed by atoms with E-state index in [2.05, 4.69) is 15.9 Å². The summed E-state index contributed by atoms with van der Waals surface area (Å²) in [6.45, 7) is 4.35. The SMILES string of the molecule is CCC(CC)N(CCO)C(=O)c1cc(Br)ccc1Cl. The predicted molar refractivity (Wildman–Crippen MR) is 81.6 cm³/mol. The number of aliphatic hydroxyl groups excluding tert-OH is 1. The third kappa shape index (κ3) is 4.20. The van der Waals surface area contributed by atoms with Gasteiger partial charge in [0.1, 0.15) is 0 Å². The normalized spacial score (nSPS) is 10.8. The number of benzene rings is 1. The van der Waals surface area contributed by atoms with Crippen LogP contribution < -0.4 is 0 Å². The maximum Gasteiger partial charge on any atom is 0.255 e. The van der Waals surface area contributed by atoms with Crippen LogP contribution in [0, 0.1) is 0 Å². The Morgan fingerprint density at radius 1 is 1.42 bits per heavy atom. The standard InChI is InChI=1S/C14H19BrClNO2/c1-3-11(4-2)17(7-8-18)14(19)12-9-10(15)5-6-13(12)16/h5-6,9,11,18H,3-4,7-8H2,1-2H3. The zero-order chi connectivity index (χ0) is 14.4. The van der Waals surface area contributed by atoms with Crippen molar-refractivity contribution in [2.75, 3.05) is 13.2 Å². The fourth-order valence-electron chi connectivity index (χ4n) is 2.10. The molecule has 1 rings (SSSR count). The van der Waals surface area contributed by atoms with Gasteiger partial charge in [0.05, 0.1) is 17.2 Å². The molecule has 0 saturated heterocycles. The fourth-order valence-corrected chi connectivity index (χ4v) is 2.66. The number of hydrogen-bond donors (Lipinski definition) is 1. The Labute approximate surface area is 127 Å². The summed E-state index contributed by atoms with van der Waals surface area (Å²) < 4.78 is 0.814. The number of nitrogens with zero attached hydrogens (tertiary/aromatic N) is 1. The van der Waals surface area contributed by atoms with Gasteiger partial charge in [0, 0.05) is 17.1 Å². The number of halogens is 2. The summed E-state index contributed by atoms with van der Waals surface area (Å²) in [7, 11) is 0. The molecule has 0 aromatic heterocycles. The van der Waals surface area contributed by atoms with Crippen LogP contribution in [0.15, 0.2) is 22.7 Å². The molecule has 0 bridgehead atoms. The molecule has 0 aliphatic heterocycles. The number of amides is 1. The van der Waals surface area contributed by atoms with E-state index >= 15 is 0 Å². The maximum absolute atomic E-state index is 12.6. The monoisotopic (exact) mass is 347 g/mol. The first-order chi connectivity index (χ1) is 9.04. The Bertz CT molecular complexity index is 435. The first kappa shape index (κ1) is 16.5. The molecule has 0 unspecified atom stereocenters. The summed E-state index contributed by atoms with van der Waals surface area (Å²) in [5, 5.41) is 9.59. The van der Waals surface area contributed by atoms with Crippen LogP contribution in [-0.2, 0) is 0 Å². The Morgan fingerprint density at radius 3 is 2.58 bits per heavy atom. The van der Waals surface area contributed by atoms with Crippen molar-refractivity contribution < 1.29 is 9.90 Å². The number of aliphatic hydroxyl groups is 1. The highest BCUT2D eigenvalue weighted by Gasteiger charge is 2.23. The largest absolute Gasteiger partial charge is 0.395 e. The number of carbonyl (C=O) groups excluding carboxylic acids is 1. The molecular weight excluding hydrogens is 330 g/mol. The second-order valence-corrected chi connectivity index (χ2v) is 5.64. The van der Waals surface area contributed by atoms with Gasteiger partial charge in [-0.25, -0.2) is 0 Å². The average Bonchev–Trinajstić information content (AvgIpc) is 2.41. The van der Waals surface area contributed by atoms with Crippen molar-refractivity contribution in [1.82, 2.24) is 4.90 Å². The lowest BCUT2D eigenvalue weighted by Gasteiger charge is -2.30. The van der Waals surface area contributed by atoms with Crippen molar-refractivity contribution in [3.8, 4) is 0 Å². The third-order valence-corrected chi connectivity index (χ3v) is 3.97. The van der Waals surface area contributed by atoms with E-state index in [0.29, 0.717) is 17.1 Å². The second-order valence-electron chi connectivity index (χ2n) is 4.32. The smallest absolute Gasteiger partial charge is 0.255 e. The summed E-state index contributed by atoms with van der Waals surface area (Å²) >= 11 is 9.44. The van der Waals surface area contributed by atoms with Crippen molar-refractivity contribution >= 4 is 33.4 Å². The summed E-state index contributed by atoms with van der Waals surface area (Å²) in [6, 6.07) is 5.34. The predicted octanol–water partition coefficient (Wildman–Crippen LogP) is 3.73. The van der Waals surface area contributed by atoms with Crippen LogP contribution in [0.2, 0.25) is 5.02 Å². The minimum absolute atomic E-state index is 0.0478. The second kappa shape index (κ2) is 7.88. The molecule has 0 spiro atoms. The van der Waals surface area contributed by atoms with Gasteiger partial charge in [0.2, 0.25) is 0 Å². The molecule has 0 aliphatic rings. The van der Waals surface area contributed by atoms with Gasteiger partial charge in [-0.2, -0.15) is 0 Å². The number of hydrogen-bond acceptors (Lipinski definition) is 2. The Kier molecular flexibility index (Phi) is 6.83. The molecule has 1 aromatic rings. The zero-order valence-electron chi connectivity index (χ0n) is 11.2. The molecule has 0 heterocycles. The molecular formula is C14H19BrClNO2. The molecule has 1 amide bonds. The van der Waals surface area contributed by atoms with Gasteiger partial charge in [-0.1, -0.05) is 41.4 Å². The lowest BCUT2D eigenvalue weighted by Crippen LogP contribution is -2.41. The van der Waals surface area contributed by atoms with Crippen LogP contribution in [-0.4, -0.2) is 35.1 Å². The van der Waals surface area contributed by atoms with Gasteiger partial charge >= 0.3 is 0 Å². The average molecular weight is 349 g/mol. The minimum atomic E-state index is -0.131. The molecule has 1 aromatic carbocycles. The molecule has 5 heteroatoms. The van der Waals surface area contributed by atoms with Crippen molar-refractivity contribution in [3.05, 3.63) is 33.3 Å². The molecule has 106 valence electrons. The highest BCUT2D eigenvalue weighted by atomic mass is 79.9. The Hall–Kier alpha value is -0.580. The van der Waals surface area contributed by atoms with E-state index in [9.17, 15) is 4.79 Å². The molecule has 0 atom stereocenters. The van der Waals surface area contributed by atoms with Gasteiger partial charge < -0.3 is 10.0 Å². The van der Waals surface area contributed by atoms with Crippen LogP contribution in [0.5, 0.6) is 0 Å². The van der Waals surface area contributed by atoms with Crippen LogP contribution in [0.3, 0.4) is 0 Å². The summed E-state index contributed by atoms with van der Waals surface area (Å²) in [4.78, 5) is 14.3.